The van der Waals surface area contributed by atoms with Crippen LogP contribution in [0.2, 0.25) is 0 Å². The SMILES string of the molecule is COc1cc(Br)ccc1-c1n[nH]c(=S)o1. The van der Waals surface area contributed by atoms with E-state index in [0.29, 0.717) is 11.6 Å². The van der Waals surface area contributed by atoms with Crippen LogP contribution in [0.4, 0.5) is 0 Å². The lowest BCUT2D eigenvalue weighted by atomic mass is 10.2. The topological polar surface area (TPSA) is 51.0 Å². The van der Waals surface area contributed by atoms with Crippen LogP contribution in [0.15, 0.2) is 27.1 Å². The molecule has 6 heteroatoms. The van der Waals surface area contributed by atoms with Crippen molar-refractivity contribution in [3.63, 3.8) is 0 Å². The van der Waals surface area contributed by atoms with Gasteiger partial charge in [-0.3, -0.25) is 0 Å². The molecule has 2 rings (SSSR count). The molecule has 0 bridgehead atoms. The summed E-state index contributed by atoms with van der Waals surface area (Å²) in [4.78, 5) is 0.245. The predicted molar refractivity (Wildman–Crippen MR) is 61.4 cm³/mol. The average molecular weight is 287 g/mol. The highest BCUT2D eigenvalue weighted by atomic mass is 79.9. The number of nitrogens with zero attached hydrogens (tertiary/aromatic N) is 1. The van der Waals surface area contributed by atoms with E-state index in [-0.39, 0.29) is 4.84 Å². The lowest BCUT2D eigenvalue weighted by molar-refractivity contribution is 0.414. The molecule has 78 valence electrons. The molecule has 0 radical (unpaired) electrons. The lowest BCUT2D eigenvalue weighted by Gasteiger charge is -2.04. The fourth-order valence-corrected chi connectivity index (χ4v) is 1.65. The molecule has 1 aromatic heterocycles. The van der Waals surface area contributed by atoms with Gasteiger partial charge in [0, 0.05) is 4.47 Å². The van der Waals surface area contributed by atoms with E-state index in [1.165, 1.54) is 0 Å². The number of rotatable bonds is 2. The van der Waals surface area contributed by atoms with Crippen molar-refractivity contribution in [1.82, 2.24) is 10.2 Å². The van der Waals surface area contributed by atoms with Crippen LogP contribution in [0, 0.1) is 4.84 Å². The van der Waals surface area contributed by atoms with Gasteiger partial charge in [-0.15, -0.1) is 5.10 Å². The summed E-state index contributed by atoms with van der Waals surface area (Å²) >= 11 is 8.16. The van der Waals surface area contributed by atoms with E-state index in [1.807, 2.05) is 18.2 Å². The molecule has 0 atom stereocenters. The van der Waals surface area contributed by atoms with E-state index in [2.05, 4.69) is 26.1 Å². The monoisotopic (exact) mass is 286 g/mol. The Labute approximate surface area is 99.4 Å². The Balaban J connectivity index is 2.57. The highest BCUT2D eigenvalue weighted by molar-refractivity contribution is 9.10. The molecule has 0 aliphatic carbocycles. The molecule has 0 saturated heterocycles. The van der Waals surface area contributed by atoms with E-state index in [4.69, 9.17) is 21.4 Å². The van der Waals surface area contributed by atoms with Crippen LogP contribution in [0.3, 0.4) is 0 Å². The number of aromatic amines is 1. The zero-order valence-electron chi connectivity index (χ0n) is 7.78. The van der Waals surface area contributed by atoms with Gasteiger partial charge in [-0.25, -0.2) is 5.10 Å². The third-order valence-corrected chi connectivity index (χ3v) is 2.50. The van der Waals surface area contributed by atoms with Crippen molar-refractivity contribution in [2.45, 2.75) is 0 Å². The van der Waals surface area contributed by atoms with Crippen molar-refractivity contribution in [1.29, 1.82) is 0 Å². The van der Waals surface area contributed by atoms with Gasteiger partial charge in [-0.2, -0.15) is 0 Å². The van der Waals surface area contributed by atoms with Crippen molar-refractivity contribution >= 4 is 28.1 Å². The minimum atomic E-state index is 0.245. The molecule has 1 aromatic carbocycles. The number of methoxy groups -OCH3 is 1. The van der Waals surface area contributed by atoms with Crippen LogP contribution in [0.5, 0.6) is 5.75 Å². The van der Waals surface area contributed by atoms with Crippen LogP contribution in [0.1, 0.15) is 0 Å². The molecule has 0 amide bonds. The Bertz CT molecular complexity index is 535. The summed E-state index contributed by atoms with van der Waals surface area (Å²) in [5.41, 5.74) is 0.757. The molecule has 0 unspecified atom stereocenters. The van der Waals surface area contributed by atoms with Gasteiger partial charge in [-0.05, 0) is 30.4 Å². The third kappa shape index (κ3) is 2.10. The third-order valence-electron chi connectivity index (χ3n) is 1.83. The lowest BCUT2D eigenvalue weighted by Crippen LogP contribution is -1.88. The normalized spacial score (nSPS) is 10.3. The van der Waals surface area contributed by atoms with E-state index < -0.39 is 0 Å². The van der Waals surface area contributed by atoms with Crippen molar-refractivity contribution in [2.24, 2.45) is 0 Å². The van der Waals surface area contributed by atoms with E-state index in [1.54, 1.807) is 7.11 Å². The minimum Gasteiger partial charge on any atom is -0.496 e. The van der Waals surface area contributed by atoms with Gasteiger partial charge in [0.1, 0.15) is 5.75 Å². The average Bonchev–Trinajstić information content (AvgIpc) is 2.64. The van der Waals surface area contributed by atoms with E-state index in [9.17, 15) is 0 Å². The molecule has 0 spiro atoms. The Morgan fingerprint density at radius 1 is 1.53 bits per heavy atom. The zero-order chi connectivity index (χ0) is 10.8. The maximum absolute atomic E-state index is 5.21. The minimum absolute atomic E-state index is 0.245. The molecule has 1 heterocycles. The van der Waals surface area contributed by atoms with E-state index in [0.717, 1.165) is 10.0 Å². The quantitative estimate of drug-likeness (QED) is 0.862. The maximum atomic E-state index is 5.21. The zero-order valence-corrected chi connectivity index (χ0v) is 10.2. The van der Waals surface area contributed by atoms with Crippen LogP contribution >= 0.6 is 28.1 Å². The van der Waals surface area contributed by atoms with Crippen LogP contribution < -0.4 is 4.74 Å². The summed E-state index contributed by atoms with van der Waals surface area (Å²) < 4.78 is 11.3. The van der Waals surface area contributed by atoms with Gasteiger partial charge in [0.05, 0.1) is 12.7 Å². The Kier molecular flexibility index (Phi) is 2.88. The number of H-pyrrole nitrogens is 1. The first kappa shape index (κ1) is 10.4. The van der Waals surface area contributed by atoms with E-state index >= 15 is 0 Å². The Morgan fingerprint density at radius 3 is 2.93 bits per heavy atom. The van der Waals surface area contributed by atoms with Gasteiger partial charge in [-0.1, -0.05) is 15.9 Å². The van der Waals surface area contributed by atoms with Gasteiger partial charge >= 0.3 is 0 Å². The molecular weight excluding hydrogens is 280 g/mol. The predicted octanol–water partition coefficient (Wildman–Crippen LogP) is 3.17. The number of ether oxygens (including phenoxy) is 1. The summed E-state index contributed by atoms with van der Waals surface area (Å²) in [5, 5.41) is 6.50. The van der Waals surface area contributed by atoms with Crippen molar-refractivity contribution in [3.05, 3.63) is 27.5 Å². The standard InChI is InChI=1S/C9H7BrN2O2S/c1-13-7-4-5(10)2-3-6(7)8-11-12-9(15)14-8/h2-4H,1H3,(H,12,15). The second kappa shape index (κ2) is 4.16. The Hall–Kier alpha value is -1.14. The molecule has 0 saturated carbocycles. The van der Waals surface area contributed by atoms with Gasteiger partial charge in [0.15, 0.2) is 0 Å². The maximum Gasteiger partial charge on any atom is 0.284 e. The molecule has 2 aromatic rings. The first-order valence-corrected chi connectivity index (χ1v) is 5.30. The van der Waals surface area contributed by atoms with Crippen LogP contribution in [-0.2, 0) is 0 Å². The fraction of sp³-hybridized carbons (Fsp3) is 0.111. The summed E-state index contributed by atoms with van der Waals surface area (Å²) in [7, 11) is 1.59. The largest absolute Gasteiger partial charge is 0.496 e. The van der Waals surface area contributed by atoms with Crippen molar-refractivity contribution in [3.8, 4) is 17.2 Å². The smallest absolute Gasteiger partial charge is 0.284 e. The van der Waals surface area contributed by atoms with Crippen LogP contribution in [-0.4, -0.2) is 17.3 Å². The van der Waals surface area contributed by atoms with Crippen molar-refractivity contribution < 1.29 is 9.15 Å². The fourth-order valence-electron chi connectivity index (χ4n) is 1.19. The first-order chi connectivity index (χ1) is 7.20. The summed E-state index contributed by atoms with van der Waals surface area (Å²) in [6, 6.07) is 5.56. The molecule has 15 heavy (non-hydrogen) atoms. The molecular formula is C9H7BrN2O2S. The van der Waals surface area contributed by atoms with Crippen LogP contribution in [0.25, 0.3) is 11.5 Å². The van der Waals surface area contributed by atoms with Gasteiger partial charge in [0.2, 0.25) is 5.89 Å². The molecule has 1 N–H and O–H groups in total. The summed E-state index contributed by atoms with van der Waals surface area (Å²) in [5.74, 6) is 1.10. The summed E-state index contributed by atoms with van der Waals surface area (Å²) in [6.07, 6.45) is 0. The number of benzene rings is 1. The van der Waals surface area contributed by atoms with Crippen molar-refractivity contribution in [2.75, 3.05) is 7.11 Å². The number of halogens is 1. The number of hydrogen-bond donors (Lipinski definition) is 1. The molecule has 0 aliphatic heterocycles. The highest BCUT2D eigenvalue weighted by Gasteiger charge is 2.10. The molecule has 0 fully saturated rings. The first-order valence-electron chi connectivity index (χ1n) is 4.10. The number of nitrogens with one attached hydrogen (secondary N) is 1. The van der Waals surface area contributed by atoms with Gasteiger partial charge < -0.3 is 9.15 Å². The highest BCUT2D eigenvalue weighted by Crippen LogP contribution is 2.31. The second-order valence-corrected chi connectivity index (χ2v) is 4.05. The molecule has 4 nitrogen and oxygen atoms in total. The Morgan fingerprint density at radius 2 is 2.33 bits per heavy atom. The van der Waals surface area contributed by atoms with Gasteiger partial charge in [0.25, 0.3) is 4.84 Å². The number of aromatic nitrogens is 2. The summed E-state index contributed by atoms with van der Waals surface area (Å²) in [6.45, 7) is 0. The number of hydrogen-bond acceptors (Lipinski definition) is 4. The molecule has 0 aliphatic rings. The second-order valence-electron chi connectivity index (χ2n) is 2.76.